The Labute approximate surface area is 213 Å². The zero-order valence-corrected chi connectivity index (χ0v) is 22.3. The second-order valence-electron chi connectivity index (χ2n) is 11.0. The van der Waals surface area contributed by atoms with Crippen LogP contribution in [0.25, 0.3) is 11.3 Å². The third kappa shape index (κ3) is 5.02. The van der Waals surface area contributed by atoms with Gasteiger partial charge in [-0.2, -0.15) is 0 Å². The maximum absolute atomic E-state index is 13.4. The van der Waals surface area contributed by atoms with Crippen molar-refractivity contribution in [3.63, 3.8) is 0 Å². The van der Waals surface area contributed by atoms with E-state index in [0.717, 1.165) is 35.4 Å². The zero-order valence-electron chi connectivity index (χ0n) is 22.3. The maximum atomic E-state index is 13.4. The fraction of sp³-hybridized carbons (Fsp3) is 0.577. The SMILES string of the molecule is CNC(=O)NC(C(=O)N1CCC[C@H]1c1nc(-c2ccc(B3OC(C)(C)C(C)(C)O3)cc2)c[nH]1)C(C)C. The van der Waals surface area contributed by atoms with Crippen LogP contribution in [0.15, 0.2) is 30.5 Å². The summed E-state index contributed by atoms with van der Waals surface area (Å²) in [5, 5.41) is 5.33. The Bertz CT molecular complexity index is 1080. The van der Waals surface area contributed by atoms with Crippen LogP contribution in [0, 0.1) is 5.92 Å². The van der Waals surface area contributed by atoms with Crippen molar-refractivity contribution in [1.29, 1.82) is 0 Å². The lowest BCUT2D eigenvalue weighted by atomic mass is 9.79. The van der Waals surface area contributed by atoms with Gasteiger partial charge in [-0.05, 0) is 51.9 Å². The largest absolute Gasteiger partial charge is 0.494 e. The van der Waals surface area contributed by atoms with Crippen molar-refractivity contribution in [2.75, 3.05) is 13.6 Å². The lowest BCUT2D eigenvalue weighted by Crippen LogP contribution is -2.53. The van der Waals surface area contributed by atoms with E-state index >= 15 is 0 Å². The summed E-state index contributed by atoms with van der Waals surface area (Å²) in [6.07, 6.45) is 3.59. The number of carbonyl (C=O) groups excluding carboxylic acids is 2. The second kappa shape index (κ2) is 9.90. The molecule has 4 rings (SSSR count). The Morgan fingerprint density at radius 2 is 1.78 bits per heavy atom. The minimum Gasteiger partial charge on any atom is -0.399 e. The summed E-state index contributed by atoms with van der Waals surface area (Å²) in [5.74, 6) is 0.639. The van der Waals surface area contributed by atoms with Gasteiger partial charge in [-0.3, -0.25) is 4.79 Å². The van der Waals surface area contributed by atoms with E-state index in [2.05, 4.69) is 15.6 Å². The number of H-pyrrole nitrogens is 1. The summed E-state index contributed by atoms with van der Waals surface area (Å²) in [6, 6.07) is 6.94. The Kier molecular flexibility index (Phi) is 7.21. The molecule has 194 valence electrons. The van der Waals surface area contributed by atoms with E-state index < -0.39 is 13.2 Å². The zero-order chi connectivity index (χ0) is 26.3. The number of urea groups is 1. The van der Waals surface area contributed by atoms with Gasteiger partial charge in [0.1, 0.15) is 11.9 Å². The first-order valence-corrected chi connectivity index (χ1v) is 12.7. The van der Waals surface area contributed by atoms with Crippen molar-refractivity contribution in [1.82, 2.24) is 25.5 Å². The molecule has 0 bridgehead atoms. The molecule has 9 nitrogen and oxygen atoms in total. The summed E-state index contributed by atoms with van der Waals surface area (Å²) >= 11 is 0. The Morgan fingerprint density at radius 3 is 2.36 bits per heavy atom. The molecule has 2 aliphatic rings. The predicted molar refractivity (Wildman–Crippen MR) is 140 cm³/mol. The minimum atomic E-state index is -0.595. The summed E-state index contributed by atoms with van der Waals surface area (Å²) in [5.41, 5.74) is 1.97. The smallest absolute Gasteiger partial charge is 0.399 e. The van der Waals surface area contributed by atoms with Gasteiger partial charge in [0.2, 0.25) is 5.91 Å². The van der Waals surface area contributed by atoms with Crippen LogP contribution in [-0.2, 0) is 14.1 Å². The Morgan fingerprint density at radius 1 is 1.14 bits per heavy atom. The standard InChI is InChI=1S/C26H38BN5O4/c1-16(2)21(31-24(34)28-7)23(33)32-14-8-9-20(32)22-29-15-19(30-22)17-10-12-18(13-11-17)27-35-25(3,4)26(5,6)36-27/h10-13,15-16,20-21H,8-9,14H2,1-7H3,(H,29,30)(H2,28,31,34)/t20-,21?/m0/s1. The third-order valence-corrected chi connectivity index (χ3v) is 7.63. The number of imidazole rings is 1. The van der Waals surface area contributed by atoms with E-state index in [1.54, 1.807) is 7.05 Å². The van der Waals surface area contributed by atoms with Gasteiger partial charge in [-0.15, -0.1) is 0 Å². The van der Waals surface area contributed by atoms with Crippen LogP contribution in [0.1, 0.15) is 66.3 Å². The van der Waals surface area contributed by atoms with Crippen LogP contribution in [0.3, 0.4) is 0 Å². The topological polar surface area (TPSA) is 109 Å². The van der Waals surface area contributed by atoms with E-state index in [0.29, 0.717) is 6.54 Å². The average Bonchev–Trinajstić information content (AvgIpc) is 3.54. The molecule has 0 saturated carbocycles. The Balaban J connectivity index is 1.48. The third-order valence-electron chi connectivity index (χ3n) is 7.63. The fourth-order valence-corrected chi connectivity index (χ4v) is 4.67. The molecule has 0 aliphatic carbocycles. The number of benzene rings is 1. The molecular formula is C26H38BN5O4. The number of nitrogens with zero attached hydrogens (tertiary/aromatic N) is 2. The monoisotopic (exact) mass is 495 g/mol. The molecular weight excluding hydrogens is 457 g/mol. The minimum absolute atomic E-state index is 0.0364. The molecule has 2 fully saturated rings. The quantitative estimate of drug-likeness (QED) is 0.534. The molecule has 2 aliphatic heterocycles. The van der Waals surface area contributed by atoms with E-state index in [1.807, 2.05) is 76.9 Å². The van der Waals surface area contributed by atoms with Crippen LogP contribution in [0.5, 0.6) is 0 Å². The molecule has 0 spiro atoms. The van der Waals surface area contributed by atoms with Crippen LogP contribution < -0.4 is 16.1 Å². The van der Waals surface area contributed by atoms with Gasteiger partial charge in [0, 0.05) is 25.4 Å². The molecule has 3 N–H and O–H groups in total. The summed E-state index contributed by atoms with van der Waals surface area (Å²) in [4.78, 5) is 35.2. The van der Waals surface area contributed by atoms with Crippen LogP contribution >= 0.6 is 0 Å². The van der Waals surface area contributed by atoms with E-state index in [1.165, 1.54) is 0 Å². The van der Waals surface area contributed by atoms with Crippen molar-refractivity contribution in [3.05, 3.63) is 36.3 Å². The lowest BCUT2D eigenvalue weighted by Gasteiger charge is -2.32. The summed E-state index contributed by atoms with van der Waals surface area (Å²) in [7, 11) is 1.14. The first-order chi connectivity index (χ1) is 16.9. The summed E-state index contributed by atoms with van der Waals surface area (Å²) in [6.45, 7) is 12.7. The highest BCUT2D eigenvalue weighted by Gasteiger charge is 2.51. The van der Waals surface area contributed by atoms with Gasteiger partial charge >= 0.3 is 13.1 Å². The van der Waals surface area contributed by atoms with Gasteiger partial charge in [0.15, 0.2) is 0 Å². The second-order valence-corrected chi connectivity index (χ2v) is 11.0. The van der Waals surface area contributed by atoms with Crippen molar-refractivity contribution in [2.24, 2.45) is 5.92 Å². The highest BCUT2D eigenvalue weighted by Crippen LogP contribution is 2.37. The van der Waals surface area contributed by atoms with Crippen LogP contribution in [0.2, 0.25) is 0 Å². The van der Waals surface area contributed by atoms with E-state index in [-0.39, 0.29) is 35.1 Å². The molecule has 1 aromatic carbocycles. The molecule has 3 amide bonds. The van der Waals surface area contributed by atoms with Crippen molar-refractivity contribution in [2.45, 2.75) is 77.7 Å². The number of hydrogen-bond donors (Lipinski definition) is 3. The first-order valence-electron chi connectivity index (χ1n) is 12.7. The van der Waals surface area contributed by atoms with Crippen molar-refractivity contribution in [3.8, 4) is 11.3 Å². The fourth-order valence-electron chi connectivity index (χ4n) is 4.67. The molecule has 10 heteroatoms. The molecule has 2 saturated heterocycles. The lowest BCUT2D eigenvalue weighted by molar-refractivity contribution is -0.135. The number of likely N-dealkylation sites (tertiary alicyclic amines) is 1. The molecule has 1 unspecified atom stereocenters. The predicted octanol–water partition coefficient (Wildman–Crippen LogP) is 2.99. The van der Waals surface area contributed by atoms with Gasteiger partial charge in [0.25, 0.3) is 0 Å². The van der Waals surface area contributed by atoms with Gasteiger partial charge in [0.05, 0.1) is 22.9 Å². The average molecular weight is 495 g/mol. The number of hydrogen-bond acceptors (Lipinski definition) is 5. The Hall–Kier alpha value is -2.85. The number of amides is 3. The molecule has 1 aromatic heterocycles. The normalized spacial score (nSPS) is 21.6. The number of carbonyl (C=O) groups is 2. The number of aromatic amines is 1. The van der Waals surface area contributed by atoms with E-state index in [4.69, 9.17) is 14.3 Å². The van der Waals surface area contributed by atoms with E-state index in [9.17, 15) is 9.59 Å². The summed E-state index contributed by atoms with van der Waals surface area (Å²) < 4.78 is 12.3. The maximum Gasteiger partial charge on any atom is 0.494 e. The van der Waals surface area contributed by atoms with Gasteiger partial charge in [-0.1, -0.05) is 38.1 Å². The first kappa shape index (κ1) is 26.2. The molecule has 0 radical (unpaired) electrons. The molecule has 2 aromatic rings. The number of rotatable bonds is 6. The van der Waals surface area contributed by atoms with Gasteiger partial charge in [-0.25, -0.2) is 9.78 Å². The van der Waals surface area contributed by atoms with Crippen molar-refractivity contribution < 1.29 is 18.9 Å². The molecule has 36 heavy (non-hydrogen) atoms. The molecule has 2 atom stereocenters. The van der Waals surface area contributed by atoms with Gasteiger partial charge < -0.3 is 29.8 Å². The van der Waals surface area contributed by atoms with Crippen LogP contribution in [0.4, 0.5) is 4.79 Å². The highest BCUT2D eigenvalue weighted by atomic mass is 16.7. The number of aromatic nitrogens is 2. The van der Waals surface area contributed by atoms with Crippen molar-refractivity contribution >= 4 is 24.5 Å². The number of nitrogens with one attached hydrogen (secondary N) is 3. The van der Waals surface area contributed by atoms with Crippen LogP contribution in [-0.4, -0.2) is 64.8 Å². The molecule has 3 heterocycles. The highest BCUT2D eigenvalue weighted by molar-refractivity contribution is 6.62.